The summed E-state index contributed by atoms with van der Waals surface area (Å²) in [5.41, 5.74) is 5.86. The first-order valence-corrected chi connectivity index (χ1v) is 6.06. The van der Waals surface area contributed by atoms with Crippen molar-refractivity contribution in [3.63, 3.8) is 0 Å². The molecule has 0 aromatic heterocycles. The fraction of sp³-hybridized carbons (Fsp3) is 0.667. The van der Waals surface area contributed by atoms with Crippen LogP contribution in [0.4, 0.5) is 0 Å². The average Bonchev–Trinajstić information content (AvgIpc) is 2.33. The van der Waals surface area contributed by atoms with Crippen LogP contribution in [0.5, 0.6) is 0 Å². The summed E-state index contributed by atoms with van der Waals surface area (Å²) >= 11 is 0. The van der Waals surface area contributed by atoms with Crippen LogP contribution in [0.2, 0.25) is 0 Å². The summed E-state index contributed by atoms with van der Waals surface area (Å²) < 4.78 is 0. The van der Waals surface area contributed by atoms with Crippen molar-refractivity contribution in [3.05, 3.63) is 12.7 Å². The van der Waals surface area contributed by atoms with Crippen LogP contribution in [0.25, 0.3) is 0 Å². The van der Waals surface area contributed by atoms with Crippen LogP contribution < -0.4 is 11.1 Å². The van der Waals surface area contributed by atoms with Gasteiger partial charge in [0.25, 0.3) is 0 Å². The average molecular weight is 238 g/mol. The third kappa shape index (κ3) is 4.89. The summed E-state index contributed by atoms with van der Waals surface area (Å²) in [5.74, 6) is 0.996. The second-order valence-corrected chi connectivity index (χ2v) is 4.46. The molecule has 1 unspecified atom stereocenters. The molecule has 1 fully saturated rings. The molecule has 1 amide bonds. The van der Waals surface area contributed by atoms with E-state index in [0.29, 0.717) is 18.4 Å². The van der Waals surface area contributed by atoms with Crippen LogP contribution in [-0.2, 0) is 4.79 Å². The number of amides is 1. The molecule has 0 aromatic rings. The number of guanidine groups is 1. The summed E-state index contributed by atoms with van der Waals surface area (Å²) in [6.07, 6.45) is 4.01. The zero-order valence-electron chi connectivity index (χ0n) is 10.5. The molecule has 96 valence electrons. The molecule has 0 bridgehead atoms. The second-order valence-electron chi connectivity index (χ2n) is 4.46. The van der Waals surface area contributed by atoms with Gasteiger partial charge < -0.3 is 16.0 Å². The molecular formula is C12H22N4O. The minimum Gasteiger partial charge on any atom is -0.370 e. The Hall–Kier alpha value is -1.52. The number of carbonyl (C=O) groups is 1. The number of hydrogen-bond acceptors (Lipinski definition) is 2. The van der Waals surface area contributed by atoms with E-state index in [2.05, 4.69) is 28.7 Å². The monoisotopic (exact) mass is 238 g/mol. The summed E-state index contributed by atoms with van der Waals surface area (Å²) in [5, 5.41) is 2.66. The van der Waals surface area contributed by atoms with Gasteiger partial charge in [0.15, 0.2) is 5.96 Å². The largest absolute Gasteiger partial charge is 0.370 e. The molecule has 1 saturated heterocycles. The highest BCUT2D eigenvalue weighted by Gasteiger charge is 2.17. The van der Waals surface area contributed by atoms with Gasteiger partial charge in [-0.15, -0.1) is 6.58 Å². The van der Waals surface area contributed by atoms with E-state index in [4.69, 9.17) is 5.73 Å². The Labute approximate surface area is 103 Å². The third-order valence-corrected chi connectivity index (χ3v) is 2.81. The number of hydrogen-bond donors (Lipinski definition) is 2. The third-order valence-electron chi connectivity index (χ3n) is 2.81. The van der Waals surface area contributed by atoms with Gasteiger partial charge >= 0.3 is 0 Å². The number of carbonyl (C=O) groups excluding carboxylic acids is 1. The van der Waals surface area contributed by atoms with Crippen molar-refractivity contribution in [1.82, 2.24) is 10.2 Å². The highest BCUT2D eigenvalue weighted by molar-refractivity contribution is 5.84. The van der Waals surface area contributed by atoms with Crippen LogP contribution in [0, 0.1) is 5.92 Å². The standard InChI is InChI=1S/C12H22N4O/c1-3-6-14-11(17)8-15-12(13)16-7-4-5-10(2)9-16/h3,10H,1,4-9H2,2H3,(H2,13,15)(H,14,17). The molecule has 1 aliphatic heterocycles. The van der Waals surface area contributed by atoms with Gasteiger partial charge in [0.05, 0.1) is 0 Å². The molecule has 0 radical (unpaired) electrons. The maximum Gasteiger partial charge on any atom is 0.242 e. The van der Waals surface area contributed by atoms with Crippen molar-refractivity contribution in [2.24, 2.45) is 16.6 Å². The molecular weight excluding hydrogens is 216 g/mol. The van der Waals surface area contributed by atoms with Gasteiger partial charge in [0.2, 0.25) is 5.91 Å². The molecule has 3 N–H and O–H groups in total. The lowest BCUT2D eigenvalue weighted by Gasteiger charge is -2.31. The van der Waals surface area contributed by atoms with E-state index < -0.39 is 0 Å². The molecule has 0 spiro atoms. The first-order chi connectivity index (χ1) is 8.13. The van der Waals surface area contributed by atoms with Crippen molar-refractivity contribution < 1.29 is 4.79 Å². The molecule has 0 aromatic carbocycles. The first-order valence-electron chi connectivity index (χ1n) is 6.06. The van der Waals surface area contributed by atoms with E-state index in [1.54, 1.807) is 6.08 Å². The lowest BCUT2D eigenvalue weighted by Crippen LogP contribution is -2.44. The van der Waals surface area contributed by atoms with Gasteiger partial charge in [-0.05, 0) is 18.8 Å². The first kappa shape index (κ1) is 13.5. The molecule has 1 atom stereocenters. The number of nitrogens with one attached hydrogen (secondary N) is 1. The Morgan fingerprint density at radius 3 is 3.12 bits per heavy atom. The van der Waals surface area contributed by atoms with Crippen LogP contribution in [0.1, 0.15) is 19.8 Å². The molecule has 5 heteroatoms. The number of likely N-dealkylation sites (tertiary alicyclic amines) is 1. The smallest absolute Gasteiger partial charge is 0.242 e. The molecule has 1 rings (SSSR count). The zero-order chi connectivity index (χ0) is 12.7. The van der Waals surface area contributed by atoms with Crippen LogP contribution in [-0.4, -0.2) is 42.9 Å². The van der Waals surface area contributed by atoms with E-state index in [0.717, 1.165) is 19.5 Å². The molecule has 1 aliphatic rings. The van der Waals surface area contributed by atoms with Crippen LogP contribution in [0.15, 0.2) is 17.6 Å². The molecule has 17 heavy (non-hydrogen) atoms. The lowest BCUT2D eigenvalue weighted by atomic mass is 10.0. The van der Waals surface area contributed by atoms with Gasteiger partial charge in [0.1, 0.15) is 6.54 Å². The molecule has 1 heterocycles. The van der Waals surface area contributed by atoms with Crippen molar-refractivity contribution in [2.45, 2.75) is 19.8 Å². The van der Waals surface area contributed by atoms with E-state index in [-0.39, 0.29) is 12.5 Å². The Morgan fingerprint density at radius 2 is 2.47 bits per heavy atom. The lowest BCUT2D eigenvalue weighted by molar-refractivity contribution is -0.119. The fourth-order valence-electron chi connectivity index (χ4n) is 1.89. The van der Waals surface area contributed by atoms with Gasteiger partial charge in [-0.25, -0.2) is 4.99 Å². The number of nitrogens with zero attached hydrogens (tertiary/aromatic N) is 2. The summed E-state index contributed by atoms with van der Waals surface area (Å²) in [4.78, 5) is 17.5. The highest BCUT2D eigenvalue weighted by Crippen LogP contribution is 2.14. The topological polar surface area (TPSA) is 70.7 Å². The predicted octanol–water partition coefficient (Wildman–Crippen LogP) is 0.335. The highest BCUT2D eigenvalue weighted by atomic mass is 16.1. The Bertz CT molecular complexity index is 301. The Balaban J connectivity index is 2.37. The molecule has 0 saturated carbocycles. The number of piperidine rings is 1. The summed E-state index contributed by atoms with van der Waals surface area (Å²) in [6.45, 7) is 8.16. The van der Waals surface area contributed by atoms with Gasteiger partial charge in [-0.2, -0.15) is 0 Å². The second kappa shape index (κ2) is 6.93. The van der Waals surface area contributed by atoms with Crippen molar-refractivity contribution in [2.75, 3.05) is 26.2 Å². The van der Waals surface area contributed by atoms with Crippen molar-refractivity contribution in [1.29, 1.82) is 0 Å². The van der Waals surface area contributed by atoms with E-state index >= 15 is 0 Å². The summed E-state index contributed by atoms with van der Waals surface area (Å²) in [6, 6.07) is 0. The van der Waals surface area contributed by atoms with Crippen molar-refractivity contribution in [3.8, 4) is 0 Å². The maximum atomic E-state index is 11.3. The minimum absolute atomic E-state index is 0.0879. The number of aliphatic imine (C=N–C) groups is 1. The maximum absolute atomic E-state index is 11.3. The number of rotatable bonds is 4. The summed E-state index contributed by atoms with van der Waals surface area (Å²) in [7, 11) is 0. The normalized spacial score (nSPS) is 21.1. The van der Waals surface area contributed by atoms with E-state index in [9.17, 15) is 4.79 Å². The van der Waals surface area contributed by atoms with Gasteiger partial charge in [0, 0.05) is 19.6 Å². The predicted molar refractivity (Wildman–Crippen MR) is 69.7 cm³/mol. The quantitative estimate of drug-likeness (QED) is 0.421. The zero-order valence-corrected chi connectivity index (χ0v) is 10.5. The fourth-order valence-corrected chi connectivity index (χ4v) is 1.89. The SMILES string of the molecule is C=CCNC(=O)CN=C(N)N1CCCC(C)C1. The van der Waals surface area contributed by atoms with Gasteiger partial charge in [-0.3, -0.25) is 4.79 Å². The van der Waals surface area contributed by atoms with Crippen LogP contribution in [0.3, 0.4) is 0 Å². The Morgan fingerprint density at radius 1 is 1.71 bits per heavy atom. The van der Waals surface area contributed by atoms with Crippen molar-refractivity contribution >= 4 is 11.9 Å². The molecule has 5 nitrogen and oxygen atoms in total. The Kier molecular flexibility index (Phi) is 5.52. The minimum atomic E-state index is -0.127. The van der Waals surface area contributed by atoms with Crippen LogP contribution >= 0.6 is 0 Å². The van der Waals surface area contributed by atoms with E-state index in [1.807, 2.05) is 0 Å². The number of nitrogens with two attached hydrogens (primary N) is 1. The van der Waals surface area contributed by atoms with Gasteiger partial charge in [-0.1, -0.05) is 13.0 Å². The van der Waals surface area contributed by atoms with E-state index in [1.165, 1.54) is 6.42 Å². The molecule has 0 aliphatic carbocycles.